The molecule has 0 heterocycles. The summed E-state index contributed by atoms with van der Waals surface area (Å²) in [6, 6.07) is 8.92. The molecule has 1 N–H and O–H groups in total. The molecule has 1 unspecified atom stereocenters. The average Bonchev–Trinajstić information content (AvgIpc) is 2.43. The highest BCUT2D eigenvalue weighted by Crippen LogP contribution is 2.26. The van der Waals surface area contributed by atoms with Gasteiger partial charge < -0.3 is 5.11 Å². The molecular formula is C14H9Br2FO3S. The van der Waals surface area contributed by atoms with Gasteiger partial charge in [-0.05, 0) is 45.8 Å². The van der Waals surface area contributed by atoms with Crippen LogP contribution < -0.4 is 0 Å². The summed E-state index contributed by atoms with van der Waals surface area (Å²) in [6.45, 7) is 0. The van der Waals surface area contributed by atoms with E-state index in [1.165, 1.54) is 24.3 Å². The maximum atomic E-state index is 13.5. The van der Waals surface area contributed by atoms with Crippen LogP contribution in [-0.2, 0) is 16.6 Å². The Morgan fingerprint density at radius 2 is 1.95 bits per heavy atom. The first-order valence-corrected chi connectivity index (χ1v) is 8.64. The second kappa shape index (κ2) is 6.81. The molecular weight excluding hydrogens is 427 g/mol. The van der Waals surface area contributed by atoms with Crippen molar-refractivity contribution < 1.29 is 18.5 Å². The topological polar surface area (TPSA) is 54.4 Å². The van der Waals surface area contributed by atoms with E-state index in [9.17, 15) is 13.4 Å². The fourth-order valence-electron chi connectivity index (χ4n) is 1.74. The van der Waals surface area contributed by atoms with Crippen LogP contribution >= 0.6 is 31.9 Å². The molecule has 2 rings (SSSR count). The van der Waals surface area contributed by atoms with Gasteiger partial charge in [0.15, 0.2) is 0 Å². The standard InChI is InChI=1S/C14H9Br2FO3S/c15-9-4-5-10(14(18)19)12(6-9)21(20)7-8-2-1-3-11(17)13(8)16/h1-6H,7H2,(H,18,19). The molecule has 0 saturated heterocycles. The number of carboxylic acid groups (broad SMARTS) is 1. The summed E-state index contributed by atoms with van der Waals surface area (Å²) < 4.78 is 26.8. The van der Waals surface area contributed by atoms with Crippen molar-refractivity contribution in [2.75, 3.05) is 0 Å². The zero-order valence-electron chi connectivity index (χ0n) is 10.5. The fourth-order valence-corrected chi connectivity index (χ4v) is 4.18. The molecule has 0 aliphatic carbocycles. The molecule has 0 fully saturated rings. The Bertz CT molecular complexity index is 734. The molecule has 0 aliphatic rings. The second-order valence-corrected chi connectivity index (χ2v) is 7.28. The van der Waals surface area contributed by atoms with Gasteiger partial charge in [-0.15, -0.1) is 0 Å². The molecule has 110 valence electrons. The van der Waals surface area contributed by atoms with Gasteiger partial charge >= 0.3 is 5.97 Å². The lowest BCUT2D eigenvalue weighted by Crippen LogP contribution is -2.06. The molecule has 0 bridgehead atoms. The molecule has 1 atom stereocenters. The van der Waals surface area contributed by atoms with Gasteiger partial charge in [-0.1, -0.05) is 28.1 Å². The van der Waals surface area contributed by atoms with Crippen molar-refractivity contribution in [2.45, 2.75) is 10.6 Å². The molecule has 7 heteroatoms. The summed E-state index contributed by atoms with van der Waals surface area (Å²) in [5.74, 6) is -1.57. The number of benzene rings is 2. The lowest BCUT2D eigenvalue weighted by molar-refractivity contribution is 0.0693. The van der Waals surface area contributed by atoms with Crippen LogP contribution in [0.1, 0.15) is 15.9 Å². The number of hydrogen-bond acceptors (Lipinski definition) is 2. The van der Waals surface area contributed by atoms with E-state index in [0.717, 1.165) is 0 Å². The van der Waals surface area contributed by atoms with Crippen molar-refractivity contribution in [1.29, 1.82) is 0 Å². The van der Waals surface area contributed by atoms with E-state index in [0.29, 0.717) is 10.0 Å². The summed E-state index contributed by atoms with van der Waals surface area (Å²) >= 11 is 6.34. The maximum absolute atomic E-state index is 13.5. The van der Waals surface area contributed by atoms with E-state index in [1.54, 1.807) is 12.1 Å². The van der Waals surface area contributed by atoms with Crippen LogP contribution in [0.25, 0.3) is 0 Å². The van der Waals surface area contributed by atoms with E-state index < -0.39 is 22.6 Å². The molecule has 0 saturated carbocycles. The van der Waals surface area contributed by atoms with Crippen molar-refractivity contribution in [3.63, 3.8) is 0 Å². The monoisotopic (exact) mass is 434 g/mol. The third kappa shape index (κ3) is 3.78. The van der Waals surface area contributed by atoms with E-state index in [2.05, 4.69) is 31.9 Å². The smallest absolute Gasteiger partial charge is 0.336 e. The van der Waals surface area contributed by atoms with Gasteiger partial charge in [0.2, 0.25) is 0 Å². The van der Waals surface area contributed by atoms with Gasteiger partial charge in [0.05, 0.1) is 31.5 Å². The summed E-state index contributed by atoms with van der Waals surface area (Å²) in [5.41, 5.74) is 0.494. The first-order valence-electron chi connectivity index (χ1n) is 5.74. The lowest BCUT2D eigenvalue weighted by atomic mass is 10.2. The Kier molecular flexibility index (Phi) is 5.29. The first-order chi connectivity index (χ1) is 9.90. The van der Waals surface area contributed by atoms with Crippen LogP contribution in [0.15, 0.2) is 50.2 Å². The van der Waals surface area contributed by atoms with E-state index in [4.69, 9.17) is 5.11 Å². The minimum Gasteiger partial charge on any atom is -0.478 e. The second-order valence-electron chi connectivity index (χ2n) is 4.15. The normalized spacial score (nSPS) is 12.1. The molecule has 2 aromatic carbocycles. The van der Waals surface area contributed by atoms with E-state index in [-0.39, 0.29) is 20.7 Å². The number of rotatable bonds is 4. The number of hydrogen-bond donors (Lipinski definition) is 1. The SMILES string of the molecule is O=C(O)c1ccc(Br)cc1S(=O)Cc1cccc(F)c1Br. The molecule has 0 spiro atoms. The Morgan fingerprint density at radius 3 is 2.62 bits per heavy atom. The minimum absolute atomic E-state index is 0.0229. The van der Waals surface area contributed by atoms with Crippen LogP contribution in [-0.4, -0.2) is 15.3 Å². The quantitative estimate of drug-likeness (QED) is 0.776. The van der Waals surface area contributed by atoms with Crippen LogP contribution in [0.5, 0.6) is 0 Å². The van der Waals surface area contributed by atoms with Crippen molar-refractivity contribution in [1.82, 2.24) is 0 Å². The third-order valence-corrected chi connectivity index (χ3v) is 5.52. The summed E-state index contributed by atoms with van der Waals surface area (Å²) in [7, 11) is -1.60. The number of carbonyl (C=O) groups is 1. The Balaban J connectivity index is 2.39. The predicted octanol–water partition coefficient (Wildman–Crippen LogP) is 4.36. The van der Waals surface area contributed by atoms with E-state index in [1.807, 2.05) is 0 Å². The lowest BCUT2D eigenvalue weighted by Gasteiger charge is -2.09. The highest BCUT2D eigenvalue weighted by molar-refractivity contribution is 9.10. The van der Waals surface area contributed by atoms with Gasteiger partial charge in [-0.25, -0.2) is 9.18 Å². The molecule has 0 aliphatic heterocycles. The number of aromatic carboxylic acids is 1. The number of carboxylic acids is 1. The molecule has 0 aromatic heterocycles. The van der Waals surface area contributed by atoms with Gasteiger partial charge in [0.1, 0.15) is 5.82 Å². The zero-order valence-corrected chi connectivity index (χ0v) is 14.5. The van der Waals surface area contributed by atoms with Crippen LogP contribution in [0.2, 0.25) is 0 Å². The fraction of sp³-hybridized carbons (Fsp3) is 0.0714. The van der Waals surface area contributed by atoms with Crippen molar-refractivity contribution >= 4 is 48.6 Å². The Hall–Kier alpha value is -1.05. The summed E-state index contributed by atoms with van der Waals surface area (Å²) in [6.07, 6.45) is 0. The summed E-state index contributed by atoms with van der Waals surface area (Å²) in [4.78, 5) is 11.4. The van der Waals surface area contributed by atoms with Gasteiger partial charge in [-0.2, -0.15) is 0 Å². The maximum Gasteiger partial charge on any atom is 0.336 e. The minimum atomic E-state index is -1.60. The van der Waals surface area contributed by atoms with Gasteiger partial charge in [0, 0.05) is 4.47 Å². The largest absolute Gasteiger partial charge is 0.478 e. The predicted molar refractivity (Wildman–Crippen MR) is 85.3 cm³/mol. The van der Waals surface area contributed by atoms with Gasteiger partial charge in [-0.3, -0.25) is 4.21 Å². The molecule has 0 radical (unpaired) electrons. The molecule has 21 heavy (non-hydrogen) atoms. The van der Waals surface area contributed by atoms with Crippen molar-refractivity contribution in [3.8, 4) is 0 Å². The van der Waals surface area contributed by atoms with Gasteiger partial charge in [0.25, 0.3) is 0 Å². The molecule has 3 nitrogen and oxygen atoms in total. The van der Waals surface area contributed by atoms with Crippen LogP contribution in [0.3, 0.4) is 0 Å². The highest BCUT2D eigenvalue weighted by Gasteiger charge is 2.17. The Labute approximate surface area is 139 Å². The molecule has 2 aromatic rings. The highest BCUT2D eigenvalue weighted by atomic mass is 79.9. The van der Waals surface area contributed by atoms with Crippen molar-refractivity contribution in [2.24, 2.45) is 0 Å². The van der Waals surface area contributed by atoms with E-state index >= 15 is 0 Å². The van der Waals surface area contributed by atoms with Crippen LogP contribution in [0.4, 0.5) is 4.39 Å². The zero-order chi connectivity index (χ0) is 15.6. The average molecular weight is 436 g/mol. The molecule has 0 amide bonds. The van der Waals surface area contributed by atoms with Crippen LogP contribution in [0, 0.1) is 5.82 Å². The first kappa shape index (κ1) is 16.3. The third-order valence-electron chi connectivity index (χ3n) is 2.74. The van der Waals surface area contributed by atoms with Crippen molar-refractivity contribution in [3.05, 3.63) is 62.3 Å². The summed E-state index contributed by atoms with van der Waals surface area (Å²) in [5, 5.41) is 9.15. The number of halogens is 3. The Morgan fingerprint density at radius 1 is 1.24 bits per heavy atom.